The molecule has 0 atom stereocenters. The van der Waals surface area contributed by atoms with Crippen LogP contribution in [0.5, 0.6) is 0 Å². The van der Waals surface area contributed by atoms with E-state index in [1.165, 1.54) is 17.7 Å². The maximum atomic E-state index is 13.4. The Balaban J connectivity index is 1.16. The number of nitrogens with zero attached hydrogens (tertiary/aromatic N) is 5. The van der Waals surface area contributed by atoms with Crippen molar-refractivity contribution in [3.63, 3.8) is 0 Å². The molecule has 7 heteroatoms. The third-order valence-electron chi connectivity index (χ3n) is 5.95. The van der Waals surface area contributed by atoms with Gasteiger partial charge >= 0.3 is 0 Å². The zero-order valence-electron chi connectivity index (χ0n) is 16.5. The largest absolute Gasteiger partial charge is 0.356 e. The first-order valence-electron chi connectivity index (χ1n) is 10.2. The lowest BCUT2D eigenvalue weighted by Gasteiger charge is -2.31. The molecule has 1 aliphatic heterocycles. The molecule has 1 fully saturated rings. The first kappa shape index (κ1) is 18.2. The fourth-order valence-electron chi connectivity index (χ4n) is 4.34. The summed E-state index contributed by atoms with van der Waals surface area (Å²) in [4.78, 5) is 2.50. The van der Waals surface area contributed by atoms with E-state index in [4.69, 9.17) is 4.52 Å². The predicted octanol–water partition coefficient (Wildman–Crippen LogP) is 4.29. The molecule has 4 aromatic rings. The zero-order valence-corrected chi connectivity index (χ0v) is 16.5. The summed E-state index contributed by atoms with van der Waals surface area (Å²) in [5, 5.41) is 13.7. The number of hydrogen-bond donors (Lipinski definition) is 0. The Morgan fingerprint density at radius 3 is 2.83 bits per heavy atom. The summed E-state index contributed by atoms with van der Waals surface area (Å²) in [5.74, 6) is 0.0885. The van der Waals surface area contributed by atoms with Gasteiger partial charge in [-0.25, -0.2) is 9.07 Å². The molecule has 1 saturated heterocycles. The highest BCUT2D eigenvalue weighted by Gasteiger charge is 2.25. The van der Waals surface area contributed by atoms with Crippen LogP contribution in [0.2, 0.25) is 0 Å². The molecular weight excluding hydrogens is 369 g/mol. The number of halogens is 1. The van der Waals surface area contributed by atoms with Gasteiger partial charge in [0, 0.05) is 23.9 Å². The van der Waals surface area contributed by atoms with E-state index in [2.05, 4.69) is 39.4 Å². The molecule has 2 aromatic heterocycles. The van der Waals surface area contributed by atoms with Crippen LogP contribution in [0.1, 0.15) is 36.4 Å². The summed E-state index contributed by atoms with van der Waals surface area (Å²) in [6.07, 6.45) is 3.14. The number of hydrogen-bond acceptors (Lipinski definition) is 5. The van der Waals surface area contributed by atoms with Gasteiger partial charge in [-0.05, 0) is 75.6 Å². The van der Waals surface area contributed by atoms with Crippen molar-refractivity contribution >= 4 is 22.0 Å². The van der Waals surface area contributed by atoms with Crippen molar-refractivity contribution in [2.24, 2.45) is 0 Å². The molecule has 1 aliphatic rings. The zero-order chi connectivity index (χ0) is 19.8. The van der Waals surface area contributed by atoms with Crippen LogP contribution in [-0.2, 0) is 6.54 Å². The van der Waals surface area contributed by atoms with E-state index in [-0.39, 0.29) is 5.82 Å². The number of aryl methyl sites for hydroxylation is 2. The summed E-state index contributed by atoms with van der Waals surface area (Å²) in [7, 11) is 0. The van der Waals surface area contributed by atoms with Crippen molar-refractivity contribution in [2.45, 2.75) is 38.6 Å². The van der Waals surface area contributed by atoms with E-state index in [9.17, 15) is 4.39 Å². The van der Waals surface area contributed by atoms with Crippen molar-refractivity contribution in [2.75, 3.05) is 19.6 Å². The fraction of sp³-hybridized carbons (Fsp3) is 0.409. The van der Waals surface area contributed by atoms with Crippen LogP contribution in [0, 0.1) is 12.7 Å². The molecule has 29 heavy (non-hydrogen) atoms. The minimum absolute atomic E-state index is 0.287. The number of piperidine rings is 1. The van der Waals surface area contributed by atoms with E-state index in [0.717, 1.165) is 67.6 Å². The van der Waals surface area contributed by atoms with Crippen LogP contribution in [-0.4, -0.2) is 44.7 Å². The summed E-state index contributed by atoms with van der Waals surface area (Å²) in [5.41, 5.74) is 4.81. The summed E-state index contributed by atoms with van der Waals surface area (Å²) in [6.45, 7) is 6.09. The van der Waals surface area contributed by atoms with Crippen LogP contribution in [0.3, 0.4) is 0 Å². The van der Waals surface area contributed by atoms with Gasteiger partial charge in [0.05, 0.1) is 11.2 Å². The molecule has 150 valence electrons. The molecule has 0 radical (unpaired) electrons. The first-order valence-corrected chi connectivity index (χ1v) is 10.2. The Labute approximate surface area is 168 Å². The van der Waals surface area contributed by atoms with Crippen LogP contribution in [0.4, 0.5) is 4.39 Å². The SMILES string of the molecule is Cc1ccc2nnn(CCCN3CCC(c4noc5cc(F)ccc45)CC3)c2c1. The lowest BCUT2D eigenvalue weighted by Crippen LogP contribution is -2.34. The van der Waals surface area contributed by atoms with E-state index in [0.29, 0.717) is 11.5 Å². The van der Waals surface area contributed by atoms with Crippen molar-refractivity contribution in [3.05, 3.63) is 53.5 Å². The minimum Gasteiger partial charge on any atom is -0.356 e. The van der Waals surface area contributed by atoms with Crippen LogP contribution >= 0.6 is 0 Å². The first-order chi connectivity index (χ1) is 14.2. The van der Waals surface area contributed by atoms with Crippen molar-refractivity contribution in [1.29, 1.82) is 0 Å². The van der Waals surface area contributed by atoms with Crippen LogP contribution < -0.4 is 0 Å². The third kappa shape index (κ3) is 3.62. The lowest BCUT2D eigenvalue weighted by molar-refractivity contribution is 0.203. The number of fused-ring (bicyclic) bond motifs is 2. The van der Waals surface area contributed by atoms with Gasteiger partial charge in [0.15, 0.2) is 5.58 Å². The van der Waals surface area contributed by atoms with Gasteiger partial charge in [0.1, 0.15) is 11.3 Å². The van der Waals surface area contributed by atoms with Gasteiger partial charge in [-0.2, -0.15) is 0 Å². The summed E-state index contributed by atoms with van der Waals surface area (Å²) < 4.78 is 20.7. The minimum atomic E-state index is -0.287. The molecule has 6 nitrogen and oxygen atoms in total. The van der Waals surface area contributed by atoms with Gasteiger partial charge in [-0.1, -0.05) is 16.4 Å². The number of benzene rings is 2. The Bertz CT molecular complexity index is 1140. The van der Waals surface area contributed by atoms with E-state index < -0.39 is 0 Å². The second-order valence-corrected chi connectivity index (χ2v) is 7.98. The highest BCUT2D eigenvalue weighted by Crippen LogP contribution is 2.32. The van der Waals surface area contributed by atoms with Gasteiger partial charge in [0.25, 0.3) is 0 Å². The molecule has 0 saturated carbocycles. The Kier molecular flexibility index (Phi) is 4.75. The van der Waals surface area contributed by atoms with Gasteiger partial charge in [0.2, 0.25) is 0 Å². The van der Waals surface area contributed by atoms with E-state index in [1.54, 1.807) is 6.07 Å². The smallest absolute Gasteiger partial charge is 0.170 e. The third-order valence-corrected chi connectivity index (χ3v) is 5.95. The second kappa shape index (κ2) is 7.55. The highest BCUT2D eigenvalue weighted by atomic mass is 19.1. The second-order valence-electron chi connectivity index (χ2n) is 7.98. The molecule has 0 unspecified atom stereocenters. The average molecular weight is 393 g/mol. The Morgan fingerprint density at radius 1 is 1.10 bits per heavy atom. The van der Waals surface area contributed by atoms with E-state index >= 15 is 0 Å². The number of rotatable bonds is 5. The Morgan fingerprint density at radius 2 is 1.97 bits per heavy atom. The summed E-state index contributed by atoms with van der Waals surface area (Å²) >= 11 is 0. The molecule has 0 bridgehead atoms. The molecular formula is C22H24FN5O. The van der Waals surface area contributed by atoms with E-state index in [1.807, 2.05) is 10.7 Å². The predicted molar refractivity (Wildman–Crippen MR) is 109 cm³/mol. The normalized spacial score (nSPS) is 16.2. The standard InChI is InChI=1S/C22H24FN5O/c1-15-3-6-19-20(13-15)28(26-24-19)10-2-9-27-11-7-16(8-12-27)22-18-5-4-17(23)14-21(18)29-25-22/h3-6,13-14,16H,2,7-12H2,1H3. The number of aromatic nitrogens is 4. The van der Waals surface area contributed by atoms with Crippen LogP contribution in [0.15, 0.2) is 40.9 Å². The maximum Gasteiger partial charge on any atom is 0.170 e. The molecule has 3 heterocycles. The van der Waals surface area contributed by atoms with Crippen molar-refractivity contribution in [3.8, 4) is 0 Å². The lowest BCUT2D eigenvalue weighted by atomic mass is 9.91. The van der Waals surface area contributed by atoms with Crippen LogP contribution in [0.25, 0.3) is 22.0 Å². The molecule has 0 aliphatic carbocycles. The Hall–Kier alpha value is -2.80. The van der Waals surface area contributed by atoms with Gasteiger partial charge < -0.3 is 9.42 Å². The molecule has 0 amide bonds. The quantitative estimate of drug-likeness (QED) is 0.506. The topological polar surface area (TPSA) is 60.0 Å². The van der Waals surface area contributed by atoms with Crippen molar-refractivity contribution < 1.29 is 8.91 Å². The van der Waals surface area contributed by atoms with Crippen molar-refractivity contribution in [1.82, 2.24) is 25.1 Å². The highest BCUT2D eigenvalue weighted by molar-refractivity contribution is 5.80. The number of likely N-dealkylation sites (tertiary alicyclic amines) is 1. The molecule has 0 spiro atoms. The molecule has 2 aromatic carbocycles. The molecule has 5 rings (SSSR count). The molecule has 0 N–H and O–H groups in total. The average Bonchev–Trinajstić information content (AvgIpc) is 3.32. The van der Waals surface area contributed by atoms with Gasteiger partial charge in [-0.3, -0.25) is 0 Å². The van der Waals surface area contributed by atoms with Gasteiger partial charge in [-0.15, -0.1) is 5.10 Å². The summed E-state index contributed by atoms with van der Waals surface area (Å²) in [6, 6.07) is 10.9. The monoisotopic (exact) mass is 393 g/mol. The fourth-order valence-corrected chi connectivity index (χ4v) is 4.34. The maximum absolute atomic E-state index is 13.4.